The van der Waals surface area contributed by atoms with Crippen LogP contribution in [-0.4, -0.2) is 4.57 Å². The van der Waals surface area contributed by atoms with E-state index in [1.807, 2.05) is 37.3 Å². The fraction of sp³-hybridized carbons (Fsp3) is 0.125. The lowest BCUT2D eigenvalue weighted by atomic mass is 10.0. The van der Waals surface area contributed by atoms with Gasteiger partial charge in [-0.2, -0.15) is 5.26 Å². The van der Waals surface area contributed by atoms with E-state index in [1.165, 1.54) is 0 Å². The zero-order chi connectivity index (χ0) is 13.6. The fourth-order valence-corrected chi connectivity index (χ4v) is 2.59. The van der Waals surface area contributed by atoms with Gasteiger partial charge in [-0.15, -0.1) is 0 Å². The fourth-order valence-electron chi connectivity index (χ4n) is 2.59. The van der Waals surface area contributed by atoms with Crippen molar-refractivity contribution in [3.05, 3.63) is 57.9 Å². The third-order valence-electron chi connectivity index (χ3n) is 3.56. The maximum atomic E-state index is 12.3. The summed E-state index contributed by atoms with van der Waals surface area (Å²) in [7, 11) is 1.76. The number of aryl methyl sites for hydroxylation is 2. The second-order valence-electron chi connectivity index (χ2n) is 4.71. The molecule has 0 saturated carbocycles. The summed E-state index contributed by atoms with van der Waals surface area (Å²) >= 11 is 0. The van der Waals surface area contributed by atoms with Crippen LogP contribution in [0.4, 0.5) is 0 Å². The molecule has 0 aliphatic carbocycles. The average Bonchev–Trinajstić information content (AvgIpc) is 2.44. The molecule has 3 aromatic rings. The summed E-state index contributed by atoms with van der Waals surface area (Å²) < 4.78 is 1.64. The lowest BCUT2D eigenvalue weighted by Crippen LogP contribution is -2.17. The molecule has 0 spiro atoms. The second-order valence-corrected chi connectivity index (χ2v) is 4.71. The molecule has 2 aromatic carbocycles. The van der Waals surface area contributed by atoms with E-state index in [-0.39, 0.29) is 5.56 Å². The highest BCUT2D eigenvalue weighted by Gasteiger charge is 2.10. The number of aromatic nitrogens is 1. The van der Waals surface area contributed by atoms with Crippen molar-refractivity contribution in [3.8, 4) is 6.07 Å². The van der Waals surface area contributed by atoms with Gasteiger partial charge in [0.05, 0.1) is 17.1 Å². The van der Waals surface area contributed by atoms with Crippen LogP contribution in [0.1, 0.15) is 11.1 Å². The molecule has 0 radical (unpaired) electrons. The molecule has 19 heavy (non-hydrogen) atoms. The Labute approximate surface area is 110 Å². The smallest absolute Gasteiger partial charge is 0.258 e. The first-order chi connectivity index (χ1) is 9.13. The Kier molecular flexibility index (Phi) is 2.39. The van der Waals surface area contributed by atoms with E-state index < -0.39 is 0 Å². The van der Waals surface area contributed by atoms with Gasteiger partial charge in [-0.3, -0.25) is 4.79 Å². The van der Waals surface area contributed by atoms with E-state index in [4.69, 9.17) is 5.26 Å². The lowest BCUT2D eigenvalue weighted by molar-refractivity contribution is 0.918. The molecule has 0 atom stereocenters. The Balaban J connectivity index is 2.71. The van der Waals surface area contributed by atoms with Crippen LogP contribution < -0.4 is 5.56 Å². The van der Waals surface area contributed by atoms with Gasteiger partial charge in [0.25, 0.3) is 5.56 Å². The summed E-state index contributed by atoms with van der Waals surface area (Å²) in [5.41, 5.74) is 2.51. The number of hydrogen-bond acceptors (Lipinski definition) is 2. The van der Waals surface area contributed by atoms with E-state index in [1.54, 1.807) is 17.7 Å². The normalized spacial score (nSPS) is 10.8. The van der Waals surface area contributed by atoms with Crippen LogP contribution in [0.25, 0.3) is 21.7 Å². The van der Waals surface area contributed by atoms with Crippen LogP contribution in [0.2, 0.25) is 0 Å². The van der Waals surface area contributed by atoms with Crippen molar-refractivity contribution >= 4 is 21.7 Å². The molecule has 0 fully saturated rings. The van der Waals surface area contributed by atoms with Gasteiger partial charge in [-0.1, -0.05) is 12.1 Å². The van der Waals surface area contributed by atoms with E-state index >= 15 is 0 Å². The monoisotopic (exact) mass is 248 g/mol. The molecule has 0 aliphatic heterocycles. The zero-order valence-electron chi connectivity index (χ0n) is 10.8. The molecular formula is C16H12N2O. The Morgan fingerprint density at radius 3 is 2.68 bits per heavy atom. The Hall–Kier alpha value is -2.60. The predicted molar refractivity (Wildman–Crippen MR) is 76.1 cm³/mol. The van der Waals surface area contributed by atoms with Crippen molar-refractivity contribution in [2.45, 2.75) is 6.92 Å². The van der Waals surface area contributed by atoms with Crippen molar-refractivity contribution in [1.82, 2.24) is 4.57 Å². The van der Waals surface area contributed by atoms with Crippen LogP contribution in [0.5, 0.6) is 0 Å². The van der Waals surface area contributed by atoms with Gasteiger partial charge in [0.2, 0.25) is 0 Å². The summed E-state index contributed by atoms with van der Waals surface area (Å²) in [5.74, 6) is 0. The maximum Gasteiger partial charge on any atom is 0.258 e. The molecule has 3 nitrogen and oxygen atoms in total. The molecule has 3 rings (SSSR count). The van der Waals surface area contributed by atoms with Gasteiger partial charge < -0.3 is 4.57 Å². The van der Waals surface area contributed by atoms with Gasteiger partial charge in [-0.25, -0.2) is 0 Å². The summed E-state index contributed by atoms with van der Waals surface area (Å²) in [5, 5.41) is 11.6. The number of rotatable bonds is 0. The van der Waals surface area contributed by atoms with Gasteiger partial charge in [0.15, 0.2) is 0 Å². The van der Waals surface area contributed by atoms with E-state index in [2.05, 4.69) is 6.07 Å². The summed E-state index contributed by atoms with van der Waals surface area (Å²) in [6.45, 7) is 1.99. The van der Waals surface area contributed by atoms with Gasteiger partial charge >= 0.3 is 0 Å². The maximum absolute atomic E-state index is 12.3. The van der Waals surface area contributed by atoms with E-state index in [0.717, 1.165) is 21.9 Å². The molecule has 92 valence electrons. The van der Waals surface area contributed by atoms with Crippen LogP contribution in [0, 0.1) is 18.3 Å². The Morgan fingerprint density at radius 2 is 1.95 bits per heavy atom. The van der Waals surface area contributed by atoms with Crippen molar-refractivity contribution in [3.63, 3.8) is 0 Å². The number of nitriles is 1. The van der Waals surface area contributed by atoms with Crippen molar-refractivity contribution in [2.24, 2.45) is 7.05 Å². The van der Waals surface area contributed by atoms with Crippen molar-refractivity contribution in [2.75, 3.05) is 0 Å². The first kappa shape index (κ1) is 11.5. The standard InChI is InChI=1S/C16H12N2O/c1-10-4-3-5-12-15(10)13-8-11(9-17)6-7-14(13)18(2)16(12)19/h3-8H,1-2H3. The Morgan fingerprint density at radius 1 is 1.16 bits per heavy atom. The van der Waals surface area contributed by atoms with Gasteiger partial charge in [-0.05, 0) is 42.1 Å². The van der Waals surface area contributed by atoms with Gasteiger partial charge in [0, 0.05) is 17.8 Å². The molecule has 0 bridgehead atoms. The molecule has 0 N–H and O–H groups in total. The van der Waals surface area contributed by atoms with E-state index in [0.29, 0.717) is 10.9 Å². The molecular weight excluding hydrogens is 236 g/mol. The summed E-state index contributed by atoms with van der Waals surface area (Å²) in [6.07, 6.45) is 0. The second kappa shape index (κ2) is 3.96. The number of fused-ring (bicyclic) bond motifs is 3. The van der Waals surface area contributed by atoms with Crippen molar-refractivity contribution < 1.29 is 0 Å². The highest BCUT2D eigenvalue weighted by Crippen LogP contribution is 2.26. The number of pyridine rings is 1. The molecule has 0 amide bonds. The minimum absolute atomic E-state index is 0.00379. The molecule has 0 aliphatic rings. The molecule has 0 saturated heterocycles. The number of hydrogen-bond donors (Lipinski definition) is 0. The molecule has 1 heterocycles. The minimum Gasteiger partial charge on any atom is -0.311 e. The number of benzene rings is 2. The largest absolute Gasteiger partial charge is 0.311 e. The first-order valence-corrected chi connectivity index (χ1v) is 6.05. The summed E-state index contributed by atoms with van der Waals surface area (Å²) in [4.78, 5) is 12.3. The summed E-state index contributed by atoms with van der Waals surface area (Å²) in [6, 6.07) is 13.3. The molecule has 1 aromatic heterocycles. The van der Waals surface area contributed by atoms with Crippen molar-refractivity contribution in [1.29, 1.82) is 5.26 Å². The predicted octanol–water partition coefficient (Wildman–Crippen LogP) is 2.87. The third kappa shape index (κ3) is 1.54. The zero-order valence-corrected chi connectivity index (χ0v) is 10.8. The first-order valence-electron chi connectivity index (χ1n) is 6.05. The molecule has 0 unspecified atom stereocenters. The quantitative estimate of drug-likeness (QED) is 0.574. The topological polar surface area (TPSA) is 45.8 Å². The highest BCUT2D eigenvalue weighted by molar-refractivity contribution is 6.07. The molecule has 3 heteroatoms. The Bertz CT molecular complexity index is 914. The van der Waals surface area contributed by atoms with Crippen LogP contribution in [0.3, 0.4) is 0 Å². The number of nitrogens with zero attached hydrogens (tertiary/aromatic N) is 2. The SMILES string of the molecule is Cc1cccc2c(=O)n(C)c3ccc(C#N)cc3c12. The van der Waals surface area contributed by atoms with Crippen LogP contribution in [0.15, 0.2) is 41.2 Å². The third-order valence-corrected chi connectivity index (χ3v) is 3.56. The highest BCUT2D eigenvalue weighted by atomic mass is 16.1. The van der Waals surface area contributed by atoms with Gasteiger partial charge in [0.1, 0.15) is 0 Å². The minimum atomic E-state index is -0.00379. The average molecular weight is 248 g/mol. The lowest BCUT2D eigenvalue weighted by Gasteiger charge is -2.11. The van der Waals surface area contributed by atoms with Crippen LogP contribution >= 0.6 is 0 Å². The van der Waals surface area contributed by atoms with E-state index in [9.17, 15) is 4.79 Å². The van der Waals surface area contributed by atoms with Crippen LogP contribution in [-0.2, 0) is 7.05 Å².